The molecule has 2 N–H and O–H groups in total. The fourth-order valence-electron chi connectivity index (χ4n) is 1.49. The lowest BCUT2D eigenvalue weighted by Crippen LogP contribution is -1.96. The zero-order valence-electron chi connectivity index (χ0n) is 9.37. The topological polar surface area (TPSA) is 53.1 Å². The highest BCUT2D eigenvalue weighted by Crippen LogP contribution is 2.33. The van der Waals surface area contributed by atoms with Crippen molar-refractivity contribution in [3.05, 3.63) is 27.8 Å². The van der Waals surface area contributed by atoms with E-state index in [1.165, 1.54) is 0 Å². The molecule has 6 heteroatoms. The van der Waals surface area contributed by atoms with E-state index in [0.29, 0.717) is 16.8 Å². The van der Waals surface area contributed by atoms with Crippen LogP contribution < -0.4 is 10.5 Å². The quantitative estimate of drug-likeness (QED) is 0.926. The predicted molar refractivity (Wildman–Crippen MR) is 72.3 cm³/mol. The molecule has 2 rings (SSSR count). The van der Waals surface area contributed by atoms with E-state index in [2.05, 4.69) is 20.9 Å². The van der Waals surface area contributed by atoms with E-state index in [9.17, 15) is 0 Å². The van der Waals surface area contributed by atoms with Crippen LogP contribution in [-0.4, -0.2) is 16.7 Å². The first kappa shape index (κ1) is 12.3. The molecule has 0 unspecified atom stereocenters. The first-order valence-corrected chi connectivity index (χ1v) is 6.03. The van der Waals surface area contributed by atoms with Gasteiger partial charge in [-0.1, -0.05) is 11.6 Å². The summed E-state index contributed by atoms with van der Waals surface area (Å²) in [5, 5.41) is 0.513. The molecule has 0 aliphatic heterocycles. The molecule has 0 radical (unpaired) electrons. The maximum absolute atomic E-state index is 6.15. The van der Waals surface area contributed by atoms with Gasteiger partial charge in [0.1, 0.15) is 16.6 Å². The van der Waals surface area contributed by atoms with Gasteiger partial charge >= 0.3 is 0 Å². The summed E-state index contributed by atoms with van der Waals surface area (Å²) in [6, 6.07) is 5.63. The van der Waals surface area contributed by atoms with Crippen molar-refractivity contribution in [1.82, 2.24) is 9.55 Å². The van der Waals surface area contributed by atoms with Gasteiger partial charge in [-0.3, -0.25) is 0 Å². The molecule has 0 bridgehead atoms. The summed E-state index contributed by atoms with van der Waals surface area (Å²) in [6.07, 6.45) is 0. The Labute approximate surface area is 112 Å². The van der Waals surface area contributed by atoms with Crippen LogP contribution in [0.2, 0.25) is 5.15 Å². The average molecular weight is 317 g/mol. The average Bonchev–Trinajstić information content (AvgIpc) is 2.57. The van der Waals surface area contributed by atoms with Gasteiger partial charge in [0.15, 0.2) is 0 Å². The third-order valence-corrected chi connectivity index (χ3v) is 3.54. The summed E-state index contributed by atoms with van der Waals surface area (Å²) < 4.78 is 7.64. The number of anilines is 1. The van der Waals surface area contributed by atoms with Crippen molar-refractivity contribution in [2.45, 2.75) is 0 Å². The second kappa shape index (κ2) is 4.58. The van der Waals surface area contributed by atoms with Gasteiger partial charge in [-0.2, -0.15) is 0 Å². The molecule has 0 aliphatic rings. The Bertz CT molecular complexity index is 568. The molecule has 0 saturated heterocycles. The molecule has 0 spiro atoms. The third kappa shape index (κ3) is 2.12. The van der Waals surface area contributed by atoms with Crippen LogP contribution in [0.5, 0.6) is 5.75 Å². The molecule has 0 amide bonds. The number of benzene rings is 1. The van der Waals surface area contributed by atoms with Crippen molar-refractivity contribution >= 4 is 33.5 Å². The van der Waals surface area contributed by atoms with E-state index in [0.717, 1.165) is 15.8 Å². The van der Waals surface area contributed by atoms with Crippen molar-refractivity contribution in [3.63, 3.8) is 0 Å². The number of aromatic nitrogens is 2. The molecule has 17 heavy (non-hydrogen) atoms. The third-order valence-electron chi connectivity index (χ3n) is 2.49. The van der Waals surface area contributed by atoms with E-state index < -0.39 is 0 Å². The fraction of sp³-hybridized carbons (Fsp3) is 0.182. The maximum atomic E-state index is 6.15. The van der Waals surface area contributed by atoms with Gasteiger partial charge in [-0.15, -0.1) is 0 Å². The first-order valence-electron chi connectivity index (χ1n) is 4.86. The largest absolute Gasteiger partial charge is 0.496 e. The Morgan fingerprint density at radius 2 is 2.18 bits per heavy atom. The van der Waals surface area contributed by atoms with E-state index in [-0.39, 0.29) is 0 Å². The fourth-order valence-corrected chi connectivity index (χ4v) is 2.27. The second-order valence-corrected chi connectivity index (χ2v) is 4.73. The van der Waals surface area contributed by atoms with E-state index in [4.69, 9.17) is 22.1 Å². The summed E-state index contributed by atoms with van der Waals surface area (Å²) in [5.74, 6) is 1.14. The molecule has 4 nitrogen and oxygen atoms in total. The van der Waals surface area contributed by atoms with Crippen LogP contribution in [0, 0.1) is 0 Å². The lowest BCUT2D eigenvalue weighted by molar-refractivity contribution is 0.412. The summed E-state index contributed by atoms with van der Waals surface area (Å²) in [6.45, 7) is 0. The smallest absolute Gasteiger partial charge is 0.201 e. The molecule has 90 valence electrons. The number of nitrogens with two attached hydrogens (primary N) is 1. The lowest BCUT2D eigenvalue weighted by Gasteiger charge is -2.05. The van der Waals surface area contributed by atoms with Gasteiger partial charge in [-0.05, 0) is 34.1 Å². The Morgan fingerprint density at radius 3 is 2.65 bits per heavy atom. The monoisotopic (exact) mass is 315 g/mol. The number of nitrogens with zero attached hydrogens (tertiary/aromatic N) is 2. The normalized spacial score (nSPS) is 10.6. The van der Waals surface area contributed by atoms with Gasteiger partial charge in [-0.25, -0.2) is 4.98 Å². The van der Waals surface area contributed by atoms with E-state index in [1.54, 1.807) is 18.7 Å². The minimum Gasteiger partial charge on any atom is -0.496 e. The van der Waals surface area contributed by atoms with Crippen molar-refractivity contribution in [2.24, 2.45) is 7.05 Å². The number of methoxy groups -OCH3 is 1. The number of hydrogen-bond donors (Lipinski definition) is 1. The SMILES string of the molecule is COc1ccc(-c2nc(N)n(C)c2Cl)cc1Br. The molecule has 1 heterocycles. The van der Waals surface area contributed by atoms with Gasteiger partial charge in [0.05, 0.1) is 11.6 Å². The summed E-state index contributed by atoms with van der Waals surface area (Å²) in [5.41, 5.74) is 7.25. The minimum atomic E-state index is 0.386. The number of rotatable bonds is 2. The number of hydrogen-bond acceptors (Lipinski definition) is 3. The minimum absolute atomic E-state index is 0.386. The van der Waals surface area contributed by atoms with Crippen molar-refractivity contribution in [2.75, 3.05) is 12.8 Å². The molecule has 2 aromatic rings. The molecular weight excluding hydrogens is 305 g/mol. The van der Waals surface area contributed by atoms with Crippen LogP contribution in [0.25, 0.3) is 11.3 Å². The summed E-state index contributed by atoms with van der Waals surface area (Å²) >= 11 is 9.57. The number of imidazole rings is 1. The summed E-state index contributed by atoms with van der Waals surface area (Å²) in [4.78, 5) is 4.22. The molecule has 0 atom stereocenters. The van der Waals surface area contributed by atoms with Crippen LogP contribution in [0.15, 0.2) is 22.7 Å². The molecule has 1 aromatic heterocycles. The maximum Gasteiger partial charge on any atom is 0.201 e. The highest BCUT2D eigenvalue weighted by molar-refractivity contribution is 9.10. The molecule has 0 saturated carbocycles. The highest BCUT2D eigenvalue weighted by atomic mass is 79.9. The number of nitrogen functional groups attached to an aromatic ring is 1. The van der Waals surface area contributed by atoms with Gasteiger partial charge in [0.25, 0.3) is 0 Å². The zero-order valence-corrected chi connectivity index (χ0v) is 11.7. The zero-order chi connectivity index (χ0) is 12.6. The number of halogens is 2. The van der Waals surface area contributed by atoms with Gasteiger partial charge < -0.3 is 15.0 Å². The van der Waals surface area contributed by atoms with E-state index in [1.807, 2.05) is 18.2 Å². The van der Waals surface area contributed by atoms with E-state index >= 15 is 0 Å². The van der Waals surface area contributed by atoms with Crippen molar-refractivity contribution in [3.8, 4) is 17.0 Å². The molecular formula is C11H11BrClN3O. The van der Waals surface area contributed by atoms with Crippen LogP contribution in [0.1, 0.15) is 0 Å². The molecule has 1 aromatic carbocycles. The highest BCUT2D eigenvalue weighted by Gasteiger charge is 2.13. The van der Waals surface area contributed by atoms with Gasteiger partial charge in [0.2, 0.25) is 5.95 Å². The van der Waals surface area contributed by atoms with Crippen molar-refractivity contribution < 1.29 is 4.74 Å². The standard InChI is InChI=1S/C11H11BrClN3O/c1-16-10(13)9(15-11(16)14)6-3-4-8(17-2)7(12)5-6/h3-5H,1-2H3,(H2,14,15). The molecule has 0 fully saturated rings. The van der Waals surface area contributed by atoms with Crippen LogP contribution >= 0.6 is 27.5 Å². The lowest BCUT2D eigenvalue weighted by atomic mass is 10.1. The van der Waals surface area contributed by atoms with Crippen LogP contribution in [-0.2, 0) is 7.05 Å². The first-order chi connectivity index (χ1) is 8.04. The Morgan fingerprint density at radius 1 is 1.47 bits per heavy atom. The summed E-state index contributed by atoms with van der Waals surface area (Å²) in [7, 11) is 3.39. The predicted octanol–water partition coefficient (Wildman–Crippen LogP) is 3.09. The van der Waals surface area contributed by atoms with Gasteiger partial charge in [0, 0.05) is 12.6 Å². The Balaban J connectivity index is 2.53. The Kier molecular flexibility index (Phi) is 3.31. The molecule has 0 aliphatic carbocycles. The Hall–Kier alpha value is -1.20. The number of ether oxygens (including phenoxy) is 1. The second-order valence-electron chi connectivity index (χ2n) is 3.52. The van der Waals surface area contributed by atoms with Crippen LogP contribution in [0.3, 0.4) is 0 Å². The van der Waals surface area contributed by atoms with Crippen molar-refractivity contribution in [1.29, 1.82) is 0 Å². The van der Waals surface area contributed by atoms with Crippen LogP contribution in [0.4, 0.5) is 5.95 Å².